The average Bonchev–Trinajstić information content (AvgIpc) is 2.30. The molecule has 0 bridgehead atoms. The smallest absolute Gasteiger partial charge is 0.407 e. The molecular weight excluding hydrogens is 225 g/mol. The topological polar surface area (TPSA) is 47.6 Å². The van der Waals surface area contributed by atoms with E-state index in [0.717, 1.165) is 0 Å². The standard InChI is InChI=1S/C12H16FNO3/c1-3-16-11-6-5-9(7-10(11)13)8-14-12(15)17-4-2/h5-7H,3-4,8H2,1-2H3,(H,14,15). The van der Waals surface area contributed by atoms with Gasteiger partial charge in [0.1, 0.15) is 0 Å². The first-order valence-corrected chi connectivity index (χ1v) is 5.49. The molecule has 17 heavy (non-hydrogen) atoms. The molecule has 0 heterocycles. The fourth-order valence-electron chi connectivity index (χ4n) is 1.28. The zero-order valence-corrected chi connectivity index (χ0v) is 9.96. The second-order valence-corrected chi connectivity index (χ2v) is 3.27. The zero-order chi connectivity index (χ0) is 12.7. The van der Waals surface area contributed by atoms with E-state index < -0.39 is 11.9 Å². The van der Waals surface area contributed by atoms with Gasteiger partial charge in [0.05, 0.1) is 13.2 Å². The Morgan fingerprint density at radius 1 is 1.35 bits per heavy atom. The number of benzene rings is 1. The van der Waals surface area contributed by atoms with Crippen molar-refractivity contribution in [3.63, 3.8) is 0 Å². The minimum atomic E-state index is -0.512. The zero-order valence-electron chi connectivity index (χ0n) is 9.96. The maximum Gasteiger partial charge on any atom is 0.407 e. The van der Waals surface area contributed by atoms with Crippen molar-refractivity contribution in [1.82, 2.24) is 5.32 Å². The van der Waals surface area contributed by atoms with Crippen LogP contribution in [-0.2, 0) is 11.3 Å². The van der Waals surface area contributed by atoms with Crippen LogP contribution in [0, 0.1) is 5.82 Å². The Morgan fingerprint density at radius 3 is 2.71 bits per heavy atom. The lowest BCUT2D eigenvalue weighted by Gasteiger charge is -2.08. The Morgan fingerprint density at radius 2 is 2.12 bits per heavy atom. The molecule has 0 spiro atoms. The molecule has 0 saturated heterocycles. The highest BCUT2D eigenvalue weighted by molar-refractivity contribution is 5.67. The second-order valence-electron chi connectivity index (χ2n) is 3.27. The number of halogens is 1. The summed E-state index contributed by atoms with van der Waals surface area (Å²) in [4.78, 5) is 11.0. The van der Waals surface area contributed by atoms with E-state index in [1.165, 1.54) is 6.07 Å². The van der Waals surface area contributed by atoms with Crippen molar-refractivity contribution in [3.8, 4) is 5.75 Å². The van der Waals surface area contributed by atoms with Crippen molar-refractivity contribution in [2.75, 3.05) is 13.2 Å². The van der Waals surface area contributed by atoms with E-state index in [-0.39, 0.29) is 12.3 Å². The summed E-state index contributed by atoms with van der Waals surface area (Å²) in [7, 11) is 0. The minimum Gasteiger partial charge on any atom is -0.491 e. The number of nitrogens with one attached hydrogen (secondary N) is 1. The van der Waals surface area contributed by atoms with Crippen LogP contribution in [0.5, 0.6) is 5.75 Å². The third-order valence-corrected chi connectivity index (χ3v) is 2.01. The number of rotatable bonds is 5. The number of hydrogen-bond donors (Lipinski definition) is 1. The molecule has 4 nitrogen and oxygen atoms in total. The molecule has 0 fully saturated rings. The van der Waals surface area contributed by atoms with Gasteiger partial charge in [-0.15, -0.1) is 0 Å². The molecule has 1 rings (SSSR count). The lowest BCUT2D eigenvalue weighted by molar-refractivity contribution is 0.151. The van der Waals surface area contributed by atoms with E-state index in [1.54, 1.807) is 26.0 Å². The average molecular weight is 241 g/mol. The first-order chi connectivity index (χ1) is 8.17. The normalized spacial score (nSPS) is 9.82. The Bertz CT molecular complexity index is 382. The van der Waals surface area contributed by atoms with E-state index >= 15 is 0 Å². The summed E-state index contributed by atoms with van der Waals surface area (Å²) in [5, 5.41) is 2.51. The van der Waals surface area contributed by atoms with Crippen LogP contribution in [0.4, 0.5) is 9.18 Å². The molecule has 0 unspecified atom stereocenters. The van der Waals surface area contributed by atoms with Gasteiger partial charge in [0.2, 0.25) is 0 Å². The van der Waals surface area contributed by atoms with Gasteiger partial charge in [-0.25, -0.2) is 9.18 Å². The largest absolute Gasteiger partial charge is 0.491 e. The van der Waals surface area contributed by atoms with Crippen LogP contribution in [0.3, 0.4) is 0 Å². The number of carbonyl (C=O) groups is 1. The van der Waals surface area contributed by atoms with Gasteiger partial charge in [-0.3, -0.25) is 0 Å². The van der Waals surface area contributed by atoms with Crippen molar-refractivity contribution in [2.24, 2.45) is 0 Å². The molecule has 5 heteroatoms. The quantitative estimate of drug-likeness (QED) is 0.861. The third-order valence-electron chi connectivity index (χ3n) is 2.01. The van der Waals surface area contributed by atoms with Crippen LogP contribution in [0.25, 0.3) is 0 Å². The van der Waals surface area contributed by atoms with E-state index in [1.807, 2.05) is 0 Å². The summed E-state index contributed by atoms with van der Waals surface area (Å²) in [6, 6.07) is 4.57. The van der Waals surface area contributed by atoms with E-state index in [4.69, 9.17) is 4.74 Å². The van der Waals surface area contributed by atoms with Crippen molar-refractivity contribution in [3.05, 3.63) is 29.6 Å². The number of hydrogen-bond acceptors (Lipinski definition) is 3. The van der Waals surface area contributed by atoms with Crippen LogP contribution in [0.15, 0.2) is 18.2 Å². The van der Waals surface area contributed by atoms with Gasteiger partial charge >= 0.3 is 6.09 Å². The van der Waals surface area contributed by atoms with Crippen molar-refractivity contribution >= 4 is 6.09 Å². The Kier molecular flexibility index (Phi) is 5.26. The molecule has 94 valence electrons. The lowest BCUT2D eigenvalue weighted by atomic mass is 10.2. The fraction of sp³-hybridized carbons (Fsp3) is 0.417. The van der Waals surface area contributed by atoms with Gasteiger partial charge in [0.15, 0.2) is 11.6 Å². The van der Waals surface area contributed by atoms with E-state index in [9.17, 15) is 9.18 Å². The second kappa shape index (κ2) is 6.73. The summed E-state index contributed by atoms with van der Waals surface area (Å²) in [6.45, 7) is 4.45. The minimum absolute atomic E-state index is 0.215. The predicted molar refractivity (Wildman–Crippen MR) is 61.4 cm³/mol. The lowest BCUT2D eigenvalue weighted by Crippen LogP contribution is -2.23. The van der Waals surface area contributed by atoms with Crippen molar-refractivity contribution < 1.29 is 18.7 Å². The Balaban J connectivity index is 2.55. The molecule has 0 atom stereocenters. The number of ether oxygens (including phenoxy) is 2. The molecule has 0 radical (unpaired) electrons. The van der Waals surface area contributed by atoms with Crippen LogP contribution in [-0.4, -0.2) is 19.3 Å². The summed E-state index contributed by atoms with van der Waals surface area (Å²) in [5.74, 6) is -0.220. The highest BCUT2D eigenvalue weighted by Gasteiger charge is 2.05. The summed E-state index contributed by atoms with van der Waals surface area (Å²) < 4.78 is 23.2. The van der Waals surface area contributed by atoms with Crippen molar-refractivity contribution in [1.29, 1.82) is 0 Å². The number of carbonyl (C=O) groups excluding carboxylic acids is 1. The molecular formula is C12H16FNO3. The maximum absolute atomic E-state index is 13.4. The van der Waals surface area contributed by atoms with E-state index in [2.05, 4.69) is 10.1 Å². The number of amides is 1. The highest BCUT2D eigenvalue weighted by Crippen LogP contribution is 2.18. The van der Waals surface area contributed by atoms with Gasteiger partial charge in [-0.05, 0) is 31.5 Å². The van der Waals surface area contributed by atoms with Crippen LogP contribution in [0.1, 0.15) is 19.4 Å². The Hall–Kier alpha value is -1.78. The summed E-state index contributed by atoms with van der Waals surface area (Å²) in [5.41, 5.74) is 0.652. The molecule has 0 aliphatic rings. The van der Waals surface area contributed by atoms with Crippen LogP contribution >= 0.6 is 0 Å². The summed E-state index contributed by atoms with van der Waals surface area (Å²) >= 11 is 0. The third kappa shape index (κ3) is 4.30. The van der Waals surface area contributed by atoms with Gasteiger partial charge < -0.3 is 14.8 Å². The molecule has 1 amide bonds. The molecule has 1 aromatic carbocycles. The predicted octanol–water partition coefficient (Wildman–Crippen LogP) is 2.47. The van der Waals surface area contributed by atoms with E-state index in [0.29, 0.717) is 18.8 Å². The van der Waals surface area contributed by atoms with Crippen molar-refractivity contribution in [2.45, 2.75) is 20.4 Å². The summed E-state index contributed by atoms with van der Waals surface area (Å²) in [6.07, 6.45) is -0.512. The molecule has 0 aromatic heterocycles. The highest BCUT2D eigenvalue weighted by atomic mass is 19.1. The molecule has 1 aromatic rings. The Labute approximate surface area is 99.7 Å². The van der Waals surface area contributed by atoms with Gasteiger partial charge in [0.25, 0.3) is 0 Å². The van der Waals surface area contributed by atoms with Gasteiger partial charge in [0, 0.05) is 6.54 Å². The fourth-order valence-corrected chi connectivity index (χ4v) is 1.28. The monoisotopic (exact) mass is 241 g/mol. The van der Waals surface area contributed by atoms with Gasteiger partial charge in [-0.2, -0.15) is 0 Å². The van der Waals surface area contributed by atoms with Crippen LogP contribution in [0.2, 0.25) is 0 Å². The maximum atomic E-state index is 13.4. The van der Waals surface area contributed by atoms with Crippen LogP contribution < -0.4 is 10.1 Å². The number of alkyl carbamates (subject to hydrolysis) is 1. The van der Waals surface area contributed by atoms with Gasteiger partial charge in [-0.1, -0.05) is 6.07 Å². The molecule has 0 aliphatic carbocycles. The molecule has 1 N–H and O–H groups in total. The first kappa shape index (κ1) is 13.3. The molecule has 0 aliphatic heterocycles. The first-order valence-electron chi connectivity index (χ1n) is 5.49. The SMILES string of the molecule is CCOC(=O)NCc1ccc(OCC)c(F)c1. The molecule has 0 saturated carbocycles.